The molecular weight excluding hydrogens is 212 g/mol. The van der Waals surface area contributed by atoms with Crippen LogP contribution in [0.15, 0.2) is 37.1 Å². The molecule has 0 saturated carbocycles. The number of nitrogens with zero attached hydrogens (tertiary/aromatic N) is 3. The van der Waals surface area contributed by atoms with Crippen LogP contribution < -0.4 is 5.32 Å². The summed E-state index contributed by atoms with van der Waals surface area (Å²) in [5, 5.41) is 3.45. The normalized spacial score (nSPS) is 20.4. The third-order valence-electron chi connectivity index (χ3n) is 3.31. The molecule has 1 atom stereocenters. The SMILES string of the molecule is c1cncc(-n2cncc2C2CCCNC2)c1. The number of pyridine rings is 1. The molecule has 4 nitrogen and oxygen atoms in total. The molecule has 4 heteroatoms. The molecule has 0 aromatic carbocycles. The summed E-state index contributed by atoms with van der Waals surface area (Å²) in [5.41, 5.74) is 2.37. The Labute approximate surface area is 101 Å². The molecule has 3 heterocycles. The fraction of sp³-hybridized carbons (Fsp3) is 0.385. The topological polar surface area (TPSA) is 42.7 Å². The standard InChI is InChI=1S/C13H16N4/c1-3-11(7-14-5-1)13-9-16-10-17(13)12-4-2-6-15-8-12/h2,4,6,8-11,14H,1,3,5,7H2. The lowest BCUT2D eigenvalue weighted by atomic mass is 9.96. The summed E-state index contributed by atoms with van der Waals surface area (Å²) in [6.45, 7) is 2.18. The molecular formula is C13H16N4. The van der Waals surface area contributed by atoms with E-state index >= 15 is 0 Å². The average Bonchev–Trinajstić information content (AvgIpc) is 2.90. The summed E-state index contributed by atoms with van der Waals surface area (Å²) >= 11 is 0. The monoisotopic (exact) mass is 228 g/mol. The number of aromatic nitrogens is 3. The maximum absolute atomic E-state index is 4.28. The predicted molar refractivity (Wildman–Crippen MR) is 66.2 cm³/mol. The molecule has 2 aromatic rings. The molecule has 0 bridgehead atoms. The Kier molecular flexibility index (Phi) is 2.88. The summed E-state index contributed by atoms with van der Waals surface area (Å²) in [6.07, 6.45) is 10.00. The molecule has 0 amide bonds. The van der Waals surface area contributed by atoms with Gasteiger partial charge in [0.25, 0.3) is 0 Å². The van der Waals surface area contributed by atoms with Gasteiger partial charge in [-0.2, -0.15) is 0 Å². The van der Waals surface area contributed by atoms with Gasteiger partial charge in [-0.15, -0.1) is 0 Å². The summed E-state index contributed by atoms with van der Waals surface area (Å²) in [7, 11) is 0. The van der Waals surface area contributed by atoms with E-state index < -0.39 is 0 Å². The highest BCUT2D eigenvalue weighted by Crippen LogP contribution is 2.24. The highest BCUT2D eigenvalue weighted by Gasteiger charge is 2.19. The second-order valence-corrected chi connectivity index (χ2v) is 4.44. The van der Waals surface area contributed by atoms with Crippen LogP contribution in [0.25, 0.3) is 5.69 Å². The number of piperidine rings is 1. The molecule has 88 valence electrons. The number of rotatable bonds is 2. The van der Waals surface area contributed by atoms with Crippen LogP contribution in [0.4, 0.5) is 0 Å². The van der Waals surface area contributed by atoms with Gasteiger partial charge in [0.1, 0.15) is 0 Å². The number of hydrogen-bond donors (Lipinski definition) is 1. The summed E-state index contributed by atoms with van der Waals surface area (Å²) in [4.78, 5) is 8.44. The van der Waals surface area contributed by atoms with E-state index in [2.05, 4.69) is 25.9 Å². The first-order valence-electron chi connectivity index (χ1n) is 6.08. The molecule has 1 unspecified atom stereocenters. The van der Waals surface area contributed by atoms with Crippen LogP contribution in [-0.4, -0.2) is 27.6 Å². The Bertz CT molecular complexity index is 471. The van der Waals surface area contributed by atoms with Gasteiger partial charge in [-0.25, -0.2) is 4.98 Å². The van der Waals surface area contributed by atoms with E-state index in [0.29, 0.717) is 5.92 Å². The molecule has 1 N–H and O–H groups in total. The molecule has 0 radical (unpaired) electrons. The lowest BCUT2D eigenvalue weighted by molar-refractivity contribution is 0.451. The van der Waals surface area contributed by atoms with Crippen molar-refractivity contribution in [2.24, 2.45) is 0 Å². The first-order chi connectivity index (χ1) is 8.45. The van der Waals surface area contributed by atoms with Crippen molar-refractivity contribution in [3.05, 3.63) is 42.7 Å². The van der Waals surface area contributed by atoms with Crippen molar-refractivity contribution in [1.29, 1.82) is 0 Å². The van der Waals surface area contributed by atoms with Gasteiger partial charge in [-0.05, 0) is 31.5 Å². The van der Waals surface area contributed by atoms with Crippen LogP contribution in [0, 0.1) is 0 Å². The van der Waals surface area contributed by atoms with Crippen LogP contribution in [0.5, 0.6) is 0 Å². The van der Waals surface area contributed by atoms with E-state index in [-0.39, 0.29) is 0 Å². The fourth-order valence-corrected chi connectivity index (χ4v) is 2.42. The van der Waals surface area contributed by atoms with Gasteiger partial charge in [-0.3, -0.25) is 4.98 Å². The number of imidazole rings is 1. The largest absolute Gasteiger partial charge is 0.316 e. The van der Waals surface area contributed by atoms with E-state index in [1.165, 1.54) is 18.5 Å². The van der Waals surface area contributed by atoms with E-state index in [1.807, 2.05) is 24.8 Å². The van der Waals surface area contributed by atoms with Crippen molar-refractivity contribution in [1.82, 2.24) is 19.9 Å². The van der Waals surface area contributed by atoms with Gasteiger partial charge in [-0.1, -0.05) is 0 Å². The minimum absolute atomic E-state index is 0.562. The first-order valence-corrected chi connectivity index (χ1v) is 6.08. The van der Waals surface area contributed by atoms with Crippen LogP contribution in [0.3, 0.4) is 0 Å². The molecule has 1 aliphatic heterocycles. The summed E-state index contributed by atoms with van der Waals surface area (Å²) in [6, 6.07) is 4.02. The zero-order valence-electron chi connectivity index (χ0n) is 9.71. The average molecular weight is 228 g/mol. The molecule has 1 aliphatic rings. The Morgan fingerprint density at radius 2 is 2.29 bits per heavy atom. The lowest BCUT2D eigenvalue weighted by Crippen LogP contribution is -2.29. The Morgan fingerprint density at radius 3 is 3.06 bits per heavy atom. The van der Waals surface area contributed by atoms with Gasteiger partial charge in [0, 0.05) is 30.6 Å². The second kappa shape index (κ2) is 4.67. The van der Waals surface area contributed by atoms with Gasteiger partial charge < -0.3 is 9.88 Å². The van der Waals surface area contributed by atoms with Crippen molar-refractivity contribution in [2.75, 3.05) is 13.1 Å². The Hall–Kier alpha value is -1.68. The Morgan fingerprint density at radius 1 is 1.29 bits per heavy atom. The van der Waals surface area contributed by atoms with Crippen LogP contribution in [0.2, 0.25) is 0 Å². The minimum atomic E-state index is 0.562. The third kappa shape index (κ3) is 2.08. The zero-order valence-corrected chi connectivity index (χ0v) is 9.71. The fourth-order valence-electron chi connectivity index (χ4n) is 2.42. The molecule has 0 spiro atoms. The smallest absolute Gasteiger partial charge is 0.0994 e. The summed E-state index contributed by atoms with van der Waals surface area (Å²) in [5.74, 6) is 0.562. The van der Waals surface area contributed by atoms with Crippen molar-refractivity contribution in [3.63, 3.8) is 0 Å². The zero-order chi connectivity index (χ0) is 11.5. The molecule has 1 fully saturated rings. The molecule has 1 saturated heterocycles. The highest BCUT2D eigenvalue weighted by molar-refractivity contribution is 5.31. The van der Waals surface area contributed by atoms with Gasteiger partial charge >= 0.3 is 0 Å². The van der Waals surface area contributed by atoms with Gasteiger partial charge in [0.05, 0.1) is 18.2 Å². The molecule has 17 heavy (non-hydrogen) atoms. The second-order valence-electron chi connectivity index (χ2n) is 4.44. The predicted octanol–water partition coefficient (Wildman–Crippen LogP) is 1.73. The van der Waals surface area contributed by atoms with E-state index in [0.717, 1.165) is 18.8 Å². The number of hydrogen-bond acceptors (Lipinski definition) is 3. The van der Waals surface area contributed by atoms with Crippen molar-refractivity contribution in [3.8, 4) is 5.69 Å². The van der Waals surface area contributed by atoms with Crippen LogP contribution in [0.1, 0.15) is 24.5 Å². The third-order valence-corrected chi connectivity index (χ3v) is 3.31. The van der Waals surface area contributed by atoms with Crippen molar-refractivity contribution in [2.45, 2.75) is 18.8 Å². The summed E-state index contributed by atoms with van der Waals surface area (Å²) < 4.78 is 2.14. The first kappa shape index (κ1) is 10.5. The van der Waals surface area contributed by atoms with Crippen LogP contribution in [-0.2, 0) is 0 Å². The van der Waals surface area contributed by atoms with Crippen molar-refractivity contribution >= 4 is 0 Å². The molecule has 2 aromatic heterocycles. The van der Waals surface area contributed by atoms with E-state index in [1.54, 1.807) is 6.20 Å². The van der Waals surface area contributed by atoms with Gasteiger partial charge in [0.2, 0.25) is 0 Å². The van der Waals surface area contributed by atoms with E-state index in [4.69, 9.17) is 0 Å². The maximum atomic E-state index is 4.28. The Balaban J connectivity index is 1.93. The highest BCUT2D eigenvalue weighted by atomic mass is 15.1. The van der Waals surface area contributed by atoms with Crippen LogP contribution >= 0.6 is 0 Å². The minimum Gasteiger partial charge on any atom is -0.316 e. The number of nitrogens with one attached hydrogen (secondary N) is 1. The van der Waals surface area contributed by atoms with E-state index in [9.17, 15) is 0 Å². The lowest BCUT2D eigenvalue weighted by Gasteiger charge is -2.23. The quantitative estimate of drug-likeness (QED) is 0.851. The molecule has 3 rings (SSSR count). The maximum Gasteiger partial charge on any atom is 0.0994 e. The van der Waals surface area contributed by atoms with Gasteiger partial charge in [0.15, 0.2) is 0 Å². The molecule has 0 aliphatic carbocycles. The van der Waals surface area contributed by atoms with Crippen molar-refractivity contribution < 1.29 is 0 Å².